The second kappa shape index (κ2) is 5.81. The lowest BCUT2D eigenvalue weighted by Crippen LogP contribution is -1.99. The zero-order chi connectivity index (χ0) is 11.3. The summed E-state index contributed by atoms with van der Waals surface area (Å²) in [6.45, 7) is 7.85. The molecule has 0 amide bonds. The van der Waals surface area contributed by atoms with Crippen LogP contribution in [0.4, 0.5) is 0 Å². The minimum atomic E-state index is -0.898. The Morgan fingerprint density at radius 2 is 1.64 bits per heavy atom. The number of aryl methyl sites for hydroxylation is 2. The summed E-state index contributed by atoms with van der Waals surface area (Å²) >= 11 is 3.20. The van der Waals surface area contributed by atoms with Gasteiger partial charge < -0.3 is 5.11 Å². The van der Waals surface area contributed by atoms with Crippen LogP contribution in [0.5, 0.6) is 0 Å². The first-order chi connectivity index (χ1) is 6.52. The molecule has 78 valence electrons. The van der Waals surface area contributed by atoms with Gasteiger partial charge in [0.1, 0.15) is 0 Å². The highest BCUT2D eigenvalue weighted by Gasteiger charge is 2.08. The highest BCUT2D eigenvalue weighted by atomic mass is 79.9. The van der Waals surface area contributed by atoms with Gasteiger partial charge in [-0.25, -0.2) is 4.79 Å². The molecule has 0 spiro atoms. The third kappa shape index (κ3) is 3.14. The normalized spacial score (nSPS) is 8.93. The Balaban J connectivity index is 0.000000791. The third-order valence-electron chi connectivity index (χ3n) is 1.81. The average Bonchev–Trinajstić information content (AvgIpc) is 2.14. The fraction of sp³-hybridized carbons (Fsp3) is 0.364. The van der Waals surface area contributed by atoms with Crippen LogP contribution < -0.4 is 0 Å². The van der Waals surface area contributed by atoms with Crippen LogP contribution in [-0.2, 0) is 0 Å². The molecule has 0 heterocycles. The second-order valence-electron chi connectivity index (χ2n) is 2.72. The van der Waals surface area contributed by atoms with E-state index in [4.69, 9.17) is 5.11 Å². The van der Waals surface area contributed by atoms with Crippen molar-refractivity contribution in [1.82, 2.24) is 0 Å². The first-order valence-electron chi connectivity index (χ1n) is 4.52. The van der Waals surface area contributed by atoms with Crippen molar-refractivity contribution in [2.24, 2.45) is 0 Å². The smallest absolute Gasteiger partial charge is 0.336 e. The van der Waals surface area contributed by atoms with Gasteiger partial charge in [-0.1, -0.05) is 13.8 Å². The molecule has 0 unspecified atom stereocenters. The molecule has 1 aromatic carbocycles. The summed E-state index contributed by atoms with van der Waals surface area (Å²) in [4.78, 5) is 10.7. The lowest BCUT2D eigenvalue weighted by molar-refractivity contribution is 0.0696. The number of halogens is 1. The Hall–Kier alpha value is -0.830. The number of aromatic carboxylic acids is 1. The summed E-state index contributed by atoms with van der Waals surface area (Å²) in [6.07, 6.45) is 0. The lowest BCUT2D eigenvalue weighted by atomic mass is 10.1. The van der Waals surface area contributed by atoms with Crippen LogP contribution in [0.25, 0.3) is 0 Å². The minimum Gasteiger partial charge on any atom is -0.478 e. The van der Waals surface area contributed by atoms with Crippen LogP contribution in [-0.4, -0.2) is 11.1 Å². The van der Waals surface area contributed by atoms with Gasteiger partial charge in [0, 0.05) is 4.47 Å². The molecule has 1 N–H and O–H groups in total. The summed E-state index contributed by atoms with van der Waals surface area (Å²) in [7, 11) is 0. The van der Waals surface area contributed by atoms with Crippen LogP contribution >= 0.6 is 15.9 Å². The van der Waals surface area contributed by atoms with Crippen molar-refractivity contribution >= 4 is 21.9 Å². The summed E-state index contributed by atoms with van der Waals surface area (Å²) in [5.74, 6) is -0.898. The Morgan fingerprint density at radius 3 is 2.07 bits per heavy atom. The van der Waals surface area contributed by atoms with Crippen molar-refractivity contribution in [2.45, 2.75) is 27.7 Å². The van der Waals surface area contributed by atoms with E-state index >= 15 is 0 Å². The highest BCUT2D eigenvalue weighted by molar-refractivity contribution is 9.10. The fourth-order valence-corrected chi connectivity index (χ4v) is 1.57. The van der Waals surface area contributed by atoms with Crippen molar-refractivity contribution in [2.75, 3.05) is 0 Å². The molecule has 0 aliphatic heterocycles. The first kappa shape index (κ1) is 13.2. The molecule has 1 rings (SSSR count). The molecule has 0 aliphatic rings. The molecule has 0 radical (unpaired) electrons. The molecule has 0 fully saturated rings. The molecule has 0 aliphatic carbocycles. The summed E-state index contributed by atoms with van der Waals surface area (Å²) in [6, 6.07) is 3.49. The molecule has 2 nitrogen and oxygen atoms in total. The molecular formula is C11H15BrO2. The standard InChI is InChI=1S/C9H9BrO2.C2H6/c1-5-3-7(9(11)12)8(10)4-6(5)2;1-2/h3-4H,1-2H3,(H,11,12);1-2H3. The van der Waals surface area contributed by atoms with Gasteiger partial charge in [-0.15, -0.1) is 0 Å². The van der Waals surface area contributed by atoms with Gasteiger partial charge in [-0.05, 0) is 53.0 Å². The summed E-state index contributed by atoms with van der Waals surface area (Å²) in [5, 5.41) is 8.75. The lowest BCUT2D eigenvalue weighted by Gasteiger charge is -2.03. The Kier molecular flexibility index (Phi) is 5.46. The number of carboxylic acid groups (broad SMARTS) is 1. The van der Waals surface area contributed by atoms with Gasteiger partial charge in [-0.2, -0.15) is 0 Å². The number of benzene rings is 1. The van der Waals surface area contributed by atoms with E-state index in [-0.39, 0.29) is 0 Å². The van der Waals surface area contributed by atoms with Crippen molar-refractivity contribution in [3.8, 4) is 0 Å². The summed E-state index contributed by atoms with van der Waals surface area (Å²) in [5.41, 5.74) is 2.40. The van der Waals surface area contributed by atoms with Crippen LogP contribution in [0.3, 0.4) is 0 Å². The predicted molar refractivity (Wildman–Crippen MR) is 61.9 cm³/mol. The van der Waals surface area contributed by atoms with E-state index in [9.17, 15) is 4.79 Å². The number of rotatable bonds is 1. The molecule has 14 heavy (non-hydrogen) atoms. The quantitative estimate of drug-likeness (QED) is 0.833. The summed E-state index contributed by atoms with van der Waals surface area (Å²) < 4.78 is 0.637. The van der Waals surface area contributed by atoms with E-state index < -0.39 is 5.97 Å². The maximum Gasteiger partial charge on any atom is 0.336 e. The first-order valence-corrected chi connectivity index (χ1v) is 5.31. The maximum atomic E-state index is 10.7. The van der Waals surface area contributed by atoms with Crippen LogP contribution in [0.2, 0.25) is 0 Å². The van der Waals surface area contributed by atoms with Gasteiger partial charge in [0.15, 0.2) is 0 Å². The second-order valence-corrected chi connectivity index (χ2v) is 3.58. The number of hydrogen-bond donors (Lipinski definition) is 1. The molecular weight excluding hydrogens is 244 g/mol. The molecule has 0 saturated carbocycles. The van der Waals surface area contributed by atoms with Crippen molar-refractivity contribution < 1.29 is 9.90 Å². The van der Waals surface area contributed by atoms with Gasteiger partial charge >= 0.3 is 5.97 Å². The number of hydrogen-bond acceptors (Lipinski definition) is 1. The third-order valence-corrected chi connectivity index (χ3v) is 2.47. The molecule has 0 aromatic heterocycles. The van der Waals surface area contributed by atoms with E-state index in [1.165, 1.54) is 0 Å². The van der Waals surface area contributed by atoms with Crippen LogP contribution in [0.1, 0.15) is 35.3 Å². The predicted octanol–water partition coefficient (Wildman–Crippen LogP) is 3.79. The van der Waals surface area contributed by atoms with Crippen LogP contribution in [0.15, 0.2) is 16.6 Å². The Bertz CT molecular complexity index is 332. The molecule has 3 heteroatoms. The number of carboxylic acids is 1. The van der Waals surface area contributed by atoms with Gasteiger partial charge in [0.05, 0.1) is 5.56 Å². The topological polar surface area (TPSA) is 37.3 Å². The number of carbonyl (C=O) groups is 1. The molecule has 0 bridgehead atoms. The van der Waals surface area contributed by atoms with E-state index in [0.717, 1.165) is 11.1 Å². The average molecular weight is 259 g/mol. The zero-order valence-corrected chi connectivity index (χ0v) is 10.5. The van der Waals surface area contributed by atoms with E-state index in [0.29, 0.717) is 10.0 Å². The van der Waals surface area contributed by atoms with E-state index in [1.807, 2.05) is 33.8 Å². The molecule has 1 aromatic rings. The maximum absolute atomic E-state index is 10.7. The van der Waals surface area contributed by atoms with Crippen molar-refractivity contribution in [3.05, 3.63) is 33.3 Å². The Morgan fingerprint density at radius 1 is 1.21 bits per heavy atom. The SMILES string of the molecule is CC.Cc1cc(Br)c(C(=O)O)cc1C. The molecule has 0 atom stereocenters. The van der Waals surface area contributed by atoms with E-state index in [2.05, 4.69) is 15.9 Å². The zero-order valence-electron chi connectivity index (χ0n) is 8.89. The van der Waals surface area contributed by atoms with Gasteiger partial charge in [0.25, 0.3) is 0 Å². The van der Waals surface area contributed by atoms with Gasteiger partial charge in [0.2, 0.25) is 0 Å². The fourth-order valence-electron chi connectivity index (χ4n) is 0.945. The Labute approximate surface area is 93.1 Å². The minimum absolute atomic E-state index is 0.318. The largest absolute Gasteiger partial charge is 0.478 e. The monoisotopic (exact) mass is 258 g/mol. The van der Waals surface area contributed by atoms with Crippen molar-refractivity contribution in [3.63, 3.8) is 0 Å². The van der Waals surface area contributed by atoms with Gasteiger partial charge in [-0.3, -0.25) is 0 Å². The molecule has 0 saturated heterocycles. The van der Waals surface area contributed by atoms with Crippen molar-refractivity contribution in [1.29, 1.82) is 0 Å². The van der Waals surface area contributed by atoms with E-state index in [1.54, 1.807) is 6.07 Å². The highest BCUT2D eigenvalue weighted by Crippen LogP contribution is 2.21. The van der Waals surface area contributed by atoms with Crippen LogP contribution in [0, 0.1) is 13.8 Å².